The second kappa shape index (κ2) is 19.7. The highest BCUT2D eigenvalue weighted by Crippen LogP contribution is 2.62. The second-order valence-corrected chi connectivity index (χ2v) is 18.2. The van der Waals surface area contributed by atoms with Gasteiger partial charge in [0.2, 0.25) is 12.6 Å². The molecule has 3 aromatic carbocycles. The van der Waals surface area contributed by atoms with Crippen molar-refractivity contribution in [2.45, 2.75) is 107 Å². The van der Waals surface area contributed by atoms with Gasteiger partial charge in [0.25, 0.3) is 5.91 Å². The Hall–Kier alpha value is -4.49. The van der Waals surface area contributed by atoms with E-state index in [4.69, 9.17) is 33.7 Å². The van der Waals surface area contributed by atoms with Gasteiger partial charge in [-0.3, -0.25) is 4.79 Å². The van der Waals surface area contributed by atoms with Gasteiger partial charge in [-0.2, -0.15) is 0 Å². The molecular weight excluding hydrogens is 793 g/mol. The minimum Gasteiger partial charge on any atom is -0.459 e. The van der Waals surface area contributed by atoms with Crippen LogP contribution in [0.1, 0.15) is 101 Å². The molecule has 328 valence electrons. The molecule has 11 nitrogen and oxygen atoms in total. The van der Waals surface area contributed by atoms with Crippen LogP contribution in [-0.4, -0.2) is 83.6 Å². The predicted molar refractivity (Wildman–Crippen MR) is 238 cm³/mol. The number of hydrogen-bond donors (Lipinski definition) is 2. The van der Waals surface area contributed by atoms with E-state index in [0.29, 0.717) is 60.8 Å². The SMILES string of the molecule is C=CCOC12Oc3ccc(Oc4ccc(SC)cc4)cc3C3C(CCCCO)C(CCCCO)C=C(C(=NOC(C)(C)C)CC1N(CCC)C(=O)c1ccc4c(c1)OCO4)C32. The first-order valence-electron chi connectivity index (χ1n) is 21.8. The summed E-state index contributed by atoms with van der Waals surface area (Å²) in [5.74, 6) is 1.22. The predicted octanol–water partition coefficient (Wildman–Crippen LogP) is 9.91. The molecule has 1 saturated carbocycles. The first kappa shape index (κ1) is 44.6. The summed E-state index contributed by atoms with van der Waals surface area (Å²) in [7, 11) is 0. The number of carbonyl (C=O) groups is 1. The van der Waals surface area contributed by atoms with Crippen molar-refractivity contribution in [2.75, 3.05) is 39.4 Å². The maximum atomic E-state index is 15.1. The molecule has 0 spiro atoms. The summed E-state index contributed by atoms with van der Waals surface area (Å²) in [5.41, 5.74) is 2.62. The topological polar surface area (TPSA) is 129 Å². The van der Waals surface area contributed by atoms with E-state index in [-0.39, 0.29) is 50.3 Å². The number of hydrogen-bond acceptors (Lipinski definition) is 11. The van der Waals surface area contributed by atoms with Gasteiger partial charge in [0, 0.05) is 48.1 Å². The van der Waals surface area contributed by atoms with Gasteiger partial charge < -0.3 is 43.6 Å². The Bertz CT molecular complexity index is 2060. The normalized spacial score (nSPS) is 24.3. The lowest BCUT2D eigenvalue weighted by atomic mass is 9.55. The van der Waals surface area contributed by atoms with E-state index in [1.165, 1.54) is 0 Å². The molecule has 12 heteroatoms. The second-order valence-electron chi connectivity index (χ2n) is 17.3. The van der Waals surface area contributed by atoms with E-state index < -0.39 is 23.3 Å². The standard InChI is InChI=1S/C49H62N2O9S/c1-7-23-51(47(54)33-15-21-42-43(28-33)56-31-55-42)44-30-40(50-60-48(3,4)5)38-27-32(13-9-11-24-52)37(14-10-12-25-53)45-39-29-35(58-34-16-19-36(61-6)20-17-34)18-22-41(39)59-49(44,46(38)45)57-26-8-2/h8,15-22,27-29,32,37,44-46,52-53H,2,7,9-14,23-26,30-31H2,1,3-6H3. The number of amides is 1. The molecule has 61 heavy (non-hydrogen) atoms. The summed E-state index contributed by atoms with van der Waals surface area (Å²) >= 11 is 1.68. The molecule has 4 aliphatic rings. The zero-order valence-electron chi connectivity index (χ0n) is 36.3. The van der Waals surface area contributed by atoms with Crippen molar-refractivity contribution in [2.24, 2.45) is 22.9 Å². The molecular formula is C49H62N2O9S. The number of ether oxygens (including phenoxy) is 5. The number of nitrogens with zero attached hydrogens (tertiary/aromatic N) is 2. The van der Waals surface area contributed by atoms with Gasteiger partial charge in [-0.1, -0.05) is 37.1 Å². The fourth-order valence-electron chi connectivity index (χ4n) is 9.52. The van der Waals surface area contributed by atoms with Crippen molar-refractivity contribution in [3.63, 3.8) is 0 Å². The summed E-state index contributed by atoms with van der Waals surface area (Å²) in [6.45, 7) is 13.0. The first-order chi connectivity index (χ1) is 29.5. The number of fused-ring (bicyclic) bond motifs is 3. The number of allylic oxidation sites excluding steroid dienone is 1. The summed E-state index contributed by atoms with van der Waals surface area (Å²) in [5, 5.41) is 24.9. The quantitative estimate of drug-likeness (QED) is 0.0521. The zero-order valence-corrected chi connectivity index (χ0v) is 37.1. The van der Waals surface area contributed by atoms with E-state index in [9.17, 15) is 10.2 Å². The number of aliphatic hydroxyl groups is 2. The van der Waals surface area contributed by atoms with E-state index >= 15 is 4.79 Å². The van der Waals surface area contributed by atoms with Crippen LogP contribution >= 0.6 is 11.8 Å². The smallest absolute Gasteiger partial charge is 0.254 e. The average molecular weight is 855 g/mol. The molecule has 2 aliphatic carbocycles. The van der Waals surface area contributed by atoms with Crippen LogP contribution in [0, 0.1) is 17.8 Å². The fourth-order valence-corrected chi connectivity index (χ4v) is 9.93. The maximum absolute atomic E-state index is 15.1. The molecule has 2 N–H and O–H groups in total. The van der Waals surface area contributed by atoms with Crippen molar-refractivity contribution >= 4 is 23.4 Å². The Morgan fingerprint density at radius 1 is 0.967 bits per heavy atom. The minimum atomic E-state index is -1.37. The van der Waals surface area contributed by atoms with Crippen LogP contribution in [0.5, 0.6) is 28.7 Å². The Balaban J connectivity index is 1.45. The van der Waals surface area contributed by atoms with Gasteiger partial charge in [-0.05, 0) is 137 Å². The molecule has 0 saturated heterocycles. The van der Waals surface area contributed by atoms with Gasteiger partial charge in [0.15, 0.2) is 11.5 Å². The van der Waals surface area contributed by atoms with Gasteiger partial charge in [-0.25, -0.2) is 0 Å². The molecule has 2 aliphatic heterocycles. The summed E-state index contributed by atoms with van der Waals surface area (Å²) < 4.78 is 32.4. The van der Waals surface area contributed by atoms with Gasteiger partial charge in [0.1, 0.15) is 28.9 Å². The van der Waals surface area contributed by atoms with Crippen molar-refractivity contribution in [3.05, 3.63) is 96.1 Å². The fraction of sp³-hybridized carbons (Fsp3) is 0.510. The van der Waals surface area contributed by atoms with Crippen LogP contribution in [0.2, 0.25) is 0 Å². The van der Waals surface area contributed by atoms with Crippen molar-refractivity contribution in [3.8, 4) is 28.7 Å². The number of benzene rings is 3. The highest BCUT2D eigenvalue weighted by molar-refractivity contribution is 7.98. The Labute approximate surface area is 365 Å². The number of aliphatic hydroxyl groups excluding tert-OH is 2. The van der Waals surface area contributed by atoms with Crippen LogP contribution < -0.4 is 18.9 Å². The molecule has 1 amide bonds. The molecule has 0 bridgehead atoms. The third-order valence-electron chi connectivity index (χ3n) is 12.1. The Kier molecular flexibility index (Phi) is 14.4. The minimum absolute atomic E-state index is 0.0807. The lowest BCUT2D eigenvalue weighted by Gasteiger charge is -2.60. The molecule has 0 aromatic heterocycles. The molecule has 7 rings (SSSR count). The van der Waals surface area contributed by atoms with Crippen LogP contribution in [0.4, 0.5) is 0 Å². The average Bonchev–Trinajstić information content (AvgIpc) is 3.74. The van der Waals surface area contributed by atoms with E-state index in [1.54, 1.807) is 36.0 Å². The lowest BCUT2D eigenvalue weighted by molar-refractivity contribution is -0.254. The summed E-state index contributed by atoms with van der Waals surface area (Å²) in [4.78, 5) is 24.4. The highest BCUT2D eigenvalue weighted by Gasteiger charge is 2.65. The van der Waals surface area contributed by atoms with Gasteiger partial charge in [0.05, 0.1) is 18.2 Å². The monoisotopic (exact) mass is 854 g/mol. The van der Waals surface area contributed by atoms with E-state index in [0.717, 1.165) is 53.2 Å². The third-order valence-corrected chi connectivity index (χ3v) is 12.8. The van der Waals surface area contributed by atoms with Crippen LogP contribution in [0.15, 0.2) is 95.0 Å². The number of rotatable bonds is 19. The Morgan fingerprint density at radius 3 is 2.39 bits per heavy atom. The van der Waals surface area contributed by atoms with Gasteiger partial charge >= 0.3 is 0 Å². The molecule has 2 heterocycles. The first-order valence-corrected chi connectivity index (χ1v) is 23.1. The highest BCUT2D eigenvalue weighted by atomic mass is 32.2. The molecule has 3 aromatic rings. The molecule has 0 radical (unpaired) electrons. The Morgan fingerprint density at radius 2 is 1.69 bits per heavy atom. The van der Waals surface area contributed by atoms with Crippen LogP contribution in [0.25, 0.3) is 0 Å². The molecule has 1 fully saturated rings. The van der Waals surface area contributed by atoms with Gasteiger partial charge in [-0.15, -0.1) is 18.3 Å². The van der Waals surface area contributed by atoms with Crippen molar-refractivity contribution < 1.29 is 43.5 Å². The number of oxime groups is 1. The van der Waals surface area contributed by atoms with Crippen molar-refractivity contribution in [1.29, 1.82) is 0 Å². The molecule has 6 atom stereocenters. The number of carbonyl (C=O) groups excluding carboxylic acids is 1. The van der Waals surface area contributed by atoms with Crippen molar-refractivity contribution in [1.82, 2.24) is 4.90 Å². The third kappa shape index (κ3) is 9.62. The number of thioether (sulfide) groups is 1. The van der Waals surface area contributed by atoms with E-state index in [1.807, 2.05) is 49.9 Å². The summed E-state index contributed by atoms with van der Waals surface area (Å²) in [6, 6.07) is 18.8. The summed E-state index contributed by atoms with van der Waals surface area (Å²) in [6.07, 6.45) is 11.9. The molecule has 6 unspecified atom stereocenters. The zero-order chi connectivity index (χ0) is 43.1. The van der Waals surface area contributed by atoms with Crippen LogP contribution in [-0.2, 0) is 9.57 Å². The number of unbranched alkanes of at least 4 members (excludes halogenated alkanes) is 2. The van der Waals surface area contributed by atoms with E-state index in [2.05, 4.69) is 44.0 Å². The van der Waals surface area contributed by atoms with Crippen LogP contribution in [0.3, 0.4) is 0 Å². The lowest BCUT2D eigenvalue weighted by Crippen LogP contribution is -2.70. The maximum Gasteiger partial charge on any atom is 0.254 e. The largest absolute Gasteiger partial charge is 0.459 e.